The summed E-state index contributed by atoms with van der Waals surface area (Å²) in [7, 11) is 0. The lowest BCUT2D eigenvalue weighted by Crippen LogP contribution is -2.21. The zero-order chi connectivity index (χ0) is 12.3. The molecule has 5 nitrogen and oxygen atoms in total. The lowest BCUT2D eigenvalue weighted by Gasteiger charge is -2.04. The van der Waals surface area contributed by atoms with E-state index in [4.69, 9.17) is 5.11 Å². The van der Waals surface area contributed by atoms with Crippen LogP contribution in [0.15, 0.2) is 0 Å². The van der Waals surface area contributed by atoms with Gasteiger partial charge in [-0.2, -0.15) is 0 Å². The van der Waals surface area contributed by atoms with E-state index in [-0.39, 0.29) is 22.4 Å². The summed E-state index contributed by atoms with van der Waals surface area (Å²) in [6.45, 7) is 5.80. The Bertz CT molecular complexity index is 381. The maximum absolute atomic E-state index is 11.2. The Morgan fingerprint density at radius 2 is 2.12 bits per heavy atom. The molecular formula is C10H14N2O3S. The van der Waals surface area contributed by atoms with Crippen molar-refractivity contribution < 1.29 is 14.7 Å². The number of hydrogen-bond acceptors (Lipinski definition) is 5. The molecule has 0 fully saturated rings. The molecule has 1 rings (SSSR count). The van der Waals surface area contributed by atoms with Crippen molar-refractivity contribution in [1.82, 2.24) is 10.3 Å². The van der Waals surface area contributed by atoms with Gasteiger partial charge in [-0.3, -0.25) is 4.79 Å². The Morgan fingerprint density at radius 3 is 2.50 bits per heavy atom. The molecule has 0 radical (unpaired) electrons. The molecule has 16 heavy (non-hydrogen) atoms. The van der Waals surface area contributed by atoms with Gasteiger partial charge in [0.25, 0.3) is 0 Å². The molecule has 0 aliphatic rings. The summed E-state index contributed by atoms with van der Waals surface area (Å²) in [6, 6.07) is 0.290. The van der Waals surface area contributed by atoms with Gasteiger partial charge < -0.3 is 10.4 Å². The van der Waals surface area contributed by atoms with E-state index in [0.29, 0.717) is 11.6 Å². The average molecular weight is 242 g/mol. The summed E-state index contributed by atoms with van der Waals surface area (Å²) in [4.78, 5) is 26.2. The van der Waals surface area contributed by atoms with E-state index in [1.54, 1.807) is 0 Å². The second kappa shape index (κ2) is 5.18. The van der Waals surface area contributed by atoms with E-state index >= 15 is 0 Å². The van der Waals surface area contributed by atoms with E-state index < -0.39 is 5.97 Å². The summed E-state index contributed by atoms with van der Waals surface area (Å²) in [5.41, 5.74) is -0.141. The van der Waals surface area contributed by atoms with Crippen molar-refractivity contribution >= 4 is 23.1 Å². The predicted octanol–water partition coefficient (Wildman–Crippen LogP) is 1.54. The largest absolute Gasteiger partial charge is 0.476 e. The van der Waals surface area contributed by atoms with Crippen LogP contribution >= 0.6 is 11.3 Å². The lowest BCUT2D eigenvalue weighted by molar-refractivity contribution is 0.0687. The SMILES string of the molecule is CC(=O)c1sc(CNC(C)C)nc1C(=O)O. The first-order valence-corrected chi connectivity index (χ1v) is 5.70. The van der Waals surface area contributed by atoms with Gasteiger partial charge in [0.2, 0.25) is 0 Å². The van der Waals surface area contributed by atoms with Crippen LogP contribution in [0.3, 0.4) is 0 Å². The van der Waals surface area contributed by atoms with Crippen molar-refractivity contribution in [2.24, 2.45) is 0 Å². The number of nitrogens with zero attached hydrogens (tertiary/aromatic N) is 1. The average Bonchev–Trinajstić information content (AvgIpc) is 2.58. The van der Waals surface area contributed by atoms with Crippen LogP contribution in [-0.4, -0.2) is 27.9 Å². The molecule has 0 amide bonds. The molecular weight excluding hydrogens is 228 g/mol. The van der Waals surface area contributed by atoms with Gasteiger partial charge in [-0.05, 0) is 0 Å². The molecule has 88 valence electrons. The second-order valence-corrected chi connectivity index (χ2v) is 4.77. The summed E-state index contributed by atoms with van der Waals surface area (Å²) >= 11 is 1.13. The molecule has 0 atom stereocenters. The summed E-state index contributed by atoms with van der Waals surface area (Å²) < 4.78 is 0. The minimum absolute atomic E-state index is 0.141. The first-order chi connectivity index (χ1) is 7.41. The number of Topliss-reactive ketones (excluding diaryl/α,β-unsaturated/α-hetero) is 1. The van der Waals surface area contributed by atoms with Crippen LogP contribution in [-0.2, 0) is 6.54 Å². The quantitative estimate of drug-likeness (QED) is 0.766. The Balaban J connectivity index is 2.93. The highest BCUT2D eigenvalue weighted by atomic mass is 32.1. The Kier molecular flexibility index (Phi) is 4.14. The predicted molar refractivity (Wildman–Crippen MR) is 61.1 cm³/mol. The lowest BCUT2D eigenvalue weighted by atomic mass is 10.3. The molecule has 0 aliphatic carbocycles. The van der Waals surface area contributed by atoms with Crippen molar-refractivity contribution in [1.29, 1.82) is 0 Å². The van der Waals surface area contributed by atoms with Crippen LogP contribution in [0.4, 0.5) is 0 Å². The summed E-state index contributed by atoms with van der Waals surface area (Å²) in [5.74, 6) is -1.41. The van der Waals surface area contributed by atoms with Gasteiger partial charge in [0.15, 0.2) is 11.5 Å². The van der Waals surface area contributed by atoms with Crippen LogP contribution in [0.2, 0.25) is 0 Å². The molecule has 0 unspecified atom stereocenters. The maximum atomic E-state index is 11.2. The highest BCUT2D eigenvalue weighted by Crippen LogP contribution is 2.19. The Hall–Kier alpha value is -1.27. The van der Waals surface area contributed by atoms with Crippen molar-refractivity contribution in [3.63, 3.8) is 0 Å². The van der Waals surface area contributed by atoms with Crippen LogP contribution < -0.4 is 5.32 Å². The highest BCUT2D eigenvalue weighted by Gasteiger charge is 2.20. The van der Waals surface area contributed by atoms with Crippen molar-refractivity contribution in [2.75, 3.05) is 0 Å². The number of ketones is 1. The second-order valence-electron chi connectivity index (χ2n) is 3.68. The number of hydrogen-bond donors (Lipinski definition) is 2. The van der Waals surface area contributed by atoms with Crippen molar-refractivity contribution in [3.8, 4) is 0 Å². The van der Waals surface area contributed by atoms with Crippen molar-refractivity contribution in [2.45, 2.75) is 33.4 Å². The topological polar surface area (TPSA) is 79.3 Å². The number of aromatic carboxylic acids is 1. The van der Waals surface area contributed by atoms with E-state index in [1.165, 1.54) is 6.92 Å². The minimum atomic E-state index is -1.16. The fourth-order valence-electron chi connectivity index (χ4n) is 1.12. The fourth-order valence-corrected chi connectivity index (χ4v) is 2.02. The summed E-state index contributed by atoms with van der Waals surface area (Å²) in [5, 5.41) is 12.6. The molecule has 6 heteroatoms. The molecule has 1 heterocycles. The standard InChI is InChI=1S/C10H14N2O3S/c1-5(2)11-4-7-12-8(10(14)15)9(16-7)6(3)13/h5,11H,4H2,1-3H3,(H,14,15). The molecule has 0 saturated heterocycles. The molecule has 0 spiro atoms. The van der Waals surface area contributed by atoms with Gasteiger partial charge in [-0.1, -0.05) is 13.8 Å². The maximum Gasteiger partial charge on any atom is 0.356 e. The van der Waals surface area contributed by atoms with Gasteiger partial charge in [-0.25, -0.2) is 9.78 Å². The van der Waals surface area contributed by atoms with Crippen LogP contribution in [0.25, 0.3) is 0 Å². The monoisotopic (exact) mass is 242 g/mol. The minimum Gasteiger partial charge on any atom is -0.476 e. The highest BCUT2D eigenvalue weighted by molar-refractivity contribution is 7.14. The third kappa shape index (κ3) is 3.11. The number of carbonyl (C=O) groups excluding carboxylic acids is 1. The van der Waals surface area contributed by atoms with E-state index in [9.17, 15) is 9.59 Å². The Morgan fingerprint density at radius 1 is 1.50 bits per heavy atom. The number of carbonyl (C=O) groups is 2. The fraction of sp³-hybridized carbons (Fsp3) is 0.500. The van der Waals surface area contributed by atoms with E-state index in [0.717, 1.165) is 11.3 Å². The zero-order valence-electron chi connectivity index (χ0n) is 9.40. The smallest absolute Gasteiger partial charge is 0.356 e. The van der Waals surface area contributed by atoms with Crippen LogP contribution in [0, 0.1) is 0 Å². The molecule has 2 N–H and O–H groups in total. The van der Waals surface area contributed by atoms with E-state index in [1.807, 2.05) is 13.8 Å². The first-order valence-electron chi connectivity index (χ1n) is 4.89. The van der Waals surface area contributed by atoms with Gasteiger partial charge in [0.05, 0.1) is 0 Å². The zero-order valence-corrected chi connectivity index (χ0v) is 10.2. The molecule has 0 aliphatic heterocycles. The van der Waals surface area contributed by atoms with Gasteiger partial charge in [0, 0.05) is 19.5 Å². The summed E-state index contributed by atoms with van der Waals surface area (Å²) in [6.07, 6.45) is 0. The number of aromatic nitrogens is 1. The molecule has 0 saturated carbocycles. The Labute approximate surface area is 97.5 Å². The molecule has 1 aromatic rings. The van der Waals surface area contributed by atoms with E-state index in [2.05, 4.69) is 10.3 Å². The van der Waals surface area contributed by atoms with Crippen LogP contribution in [0.5, 0.6) is 0 Å². The van der Waals surface area contributed by atoms with Crippen molar-refractivity contribution in [3.05, 3.63) is 15.6 Å². The first kappa shape index (κ1) is 12.8. The normalized spacial score (nSPS) is 10.8. The number of carboxylic acids is 1. The number of carboxylic acid groups (broad SMARTS) is 1. The molecule has 1 aromatic heterocycles. The van der Waals surface area contributed by atoms with Gasteiger partial charge in [-0.15, -0.1) is 11.3 Å². The number of nitrogens with one attached hydrogen (secondary N) is 1. The van der Waals surface area contributed by atoms with Gasteiger partial charge >= 0.3 is 5.97 Å². The van der Waals surface area contributed by atoms with Crippen LogP contribution in [0.1, 0.15) is 45.9 Å². The molecule has 0 bridgehead atoms. The van der Waals surface area contributed by atoms with Gasteiger partial charge in [0.1, 0.15) is 9.88 Å². The third-order valence-corrected chi connectivity index (χ3v) is 3.01. The number of thiazole rings is 1. The molecule has 0 aromatic carbocycles. The third-order valence-electron chi connectivity index (χ3n) is 1.86. The number of rotatable bonds is 5.